The van der Waals surface area contributed by atoms with Gasteiger partial charge in [0.25, 0.3) is 5.69 Å². The average molecular weight is 488 g/mol. The Morgan fingerprint density at radius 1 is 1.12 bits per heavy atom. The van der Waals surface area contributed by atoms with Crippen LogP contribution in [0.2, 0.25) is 5.02 Å². The number of nitro benzene ring substituents is 1. The van der Waals surface area contributed by atoms with Gasteiger partial charge in [-0.2, -0.15) is 4.98 Å². The van der Waals surface area contributed by atoms with E-state index in [4.69, 9.17) is 21.6 Å². The highest BCUT2D eigenvalue weighted by Crippen LogP contribution is 2.30. The maximum absolute atomic E-state index is 12.4. The molecule has 10 nitrogen and oxygen atoms in total. The van der Waals surface area contributed by atoms with Crippen molar-refractivity contribution in [3.8, 4) is 0 Å². The quantitative estimate of drug-likeness (QED) is 0.403. The second-order valence-electron chi connectivity index (χ2n) is 9.11. The maximum atomic E-state index is 12.4. The second-order valence-corrected chi connectivity index (χ2v) is 9.52. The summed E-state index contributed by atoms with van der Waals surface area (Å²) < 4.78 is 0. The molecule has 2 aromatic rings. The number of nitrogens with zero attached hydrogens (tertiary/aromatic N) is 4. The minimum atomic E-state index is -0.529. The first-order chi connectivity index (χ1) is 16.3. The number of nitro groups is 1. The number of hydrogen-bond donors (Lipinski definition) is 3. The van der Waals surface area contributed by atoms with E-state index in [0.29, 0.717) is 11.6 Å². The fraction of sp³-hybridized carbons (Fsp3) is 0.522. The number of hydrogen-bond acceptors (Lipinski definition) is 7. The van der Waals surface area contributed by atoms with Crippen LogP contribution < -0.4 is 20.9 Å². The molecular weight excluding hydrogens is 458 g/mol. The molecule has 182 valence electrons. The number of nitrogens with one attached hydrogen (secondary N) is 3. The van der Waals surface area contributed by atoms with E-state index in [-0.39, 0.29) is 28.8 Å². The van der Waals surface area contributed by atoms with Gasteiger partial charge in [-0.25, -0.2) is 9.78 Å². The molecule has 2 aliphatic rings. The molecule has 4 rings (SSSR count). The number of halogens is 1. The van der Waals surface area contributed by atoms with Crippen molar-refractivity contribution in [2.24, 2.45) is 0 Å². The molecule has 34 heavy (non-hydrogen) atoms. The van der Waals surface area contributed by atoms with Crippen LogP contribution in [0.1, 0.15) is 49.8 Å². The van der Waals surface area contributed by atoms with Gasteiger partial charge in [-0.3, -0.25) is 10.1 Å². The zero-order chi connectivity index (χ0) is 24.2. The molecule has 1 aromatic carbocycles. The summed E-state index contributed by atoms with van der Waals surface area (Å²) in [6.45, 7) is 0. The third-order valence-electron chi connectivity index (χ3n) is 6.39. The van der Waals surface area contributed by atoms with Crippen LogP contribution in [0, 0.1) is 10.1 Å². The Balaban J connectivity index is 1.30. The lowest BCUT2D eigenvalue weighted by molar-refractivity contribution is -0.384. The van der Waals surface area contributed by atoms with Crippen LogP contribution in [0.25, 0.3) is 0 Å². The largest absolute Gasteiger partial charge is 0.362 e. The average Bonchev–Trinajstić information content (AvgIpc) is 2.81. The monoisotopic (exact) mass is 487 g/mol. The van der Waals surface area contributed by atoms with Crippen LogP contribution in [0.4, 0.5) is 27.9 Å². The van der Waals surface area contributed by atoms with Crippen molar-refractivity contribution < 1.29 is 9.72 Å². The molecular formula is C23H30ClN7O3. The first-order valence-electron chi connectivity index (χ1n) is 11.6. The molecule has 2 amide bonds. The molecule has 0 unspecified atom stereocenters. The van der Waals surface area contributed by atoms with Gasteiger partial charge < -0.3 is 20.9 Å². The van der Waals surface area contributed by atoms with E-state index in [9.17, 15) is 14.9 Å². The van der Waals surface area contributed by atoms with Crippen molar-refractivity contribution in [2.75, 3.05) is 29.6 Å². The predicted molar refractivity (Wildman–Crippen MR) is 133 cm³/mol. The summed E-state index contributed by atoms with van der Waals surface area (Å²) in [4.78, 5) is 34.4. The second kappa shape index (κ2) is 10.4. The molecule has 0 bridgehead atoms. The van der Waals surface area contributed by atoms with Crippen molar-refractivity contribution in [3.05, 3.63) is 44.6 Å². The van der Waals surface area contributed by atoms with Crippen molar-refractivity contribution in [2.45, 2.75) is 63.5 Å². The van der Waals surface area contributed by atoms with Crippen LogP contribution in [-0.2, 0) is 12.8 Å². The number of carbonyl (C=O) groups excluding carboxylic acids is 1. The highest BCUT2D eigenvalue weighted by molar-refractivity contribution is 6.33. The first-order valence-corrected chi connectivity index (χ1v) is 12.0. The van der Waals surface area contributed by atoms with Crippen molar-refractivity contribution in [3.63, 3.8) is 0 Å². The zero-order valence-electron chi connectivity index (χ0n) is 19.4. The van der Waals surface area contributed by atoms with Crippen LogP contribution in [0.15, 0.2) is 18.2 Å². The molecule has 1 saturated carbocycles. The van der Waals surface area contributed by atoms with E-state index in [0.717, 1.165) is 50.0 Å². The van der Waals surface area contributed by atoms with E-state index in [1.165, 1.54) is 36.6 Å². The van der Waals surface area contributed by atoms with Gasteiger partial charge in [-0.05, 0) is 57.4 Å². The summed E-state index contributed by atoms with van der Waals surface area (Å²) in [5, 5.41) is 20.1. The molecule has 3 N–H and O–H groups in total. The lowest BCUT2D eigenvalue weighted by Crippen LogP contribution is -2.42. The third-order valence-corrected chi connectivity index (χ3v) is 6.70. The minimum absolute atomic E-state index is 0.0386. The standard InChI is InChI=1S/C23H30ClN7O3/c1-30(2)21-17-5-3-4-6-19(17)27-22(29-21)25-14-7-9-15(10-8-14)26-23(32)28-20-12-11-16(31(33)34)13-18(20)24/h11-15H,3-10H2,1-2H3,(H,25,27,29)(H2,26,28,32)/t14-,15+. The van der Waals surface area contributed by atoms with Crippen LogP contribution in [-0.4, -0.2) is 47.1 Å². The fourth-order valence-corrected chi connectivity index (χ4v) is 4.86. The molecule has 0 saturated heterocycles. The lowest BCUT2D eigenvalue weighted by Gasteiger charge is -2.30. The first kappa shape index (κ1) is 24.0. The topological polar surface area (TPSA) is 125 Å². The smallest absolute Gasteiger partial charge is 0.319 e. The van der Waals surface area contributed by atoms with Gasteiger partial charge in [-0.15, -0.1) is 0 Å². The number of benzene rings is 1. The van der Waals surface area contributed by atoms with Gasteiger partial charge >= 0.3 is 6.03 Å². The van der Waals surface area contributed by atoms with E-state index < -0.39 is 4.92 Å². The van der Waals surface area contributed by atoms with Crippen LogP contribution in [0.5, 0.6) is 0 Å². The third kappa shape index (κ3) is 5.67. The molecule has 0 spiro atoms. The Bertz CT molecular complexity index is 1070. The number of fused-ring (bicyclic) bond motifs is 1. The van der Waals surface area contributed by atoms with E-state index in [2.05, 4.69) is 20.9 Å². The van der Waals surface area contributed by atoms with Crippen LogP contribution >= 0.6 is 11.6 Å². The number of aromatic nitrogens is 2. The zero-order valence-corrected chi connectivity index (χ0v) is 20.2. The number of carbonyl (C=O) groups is 1. The number of urea groups is 1. The van der Waals surface area contributed by atoms with Gasteiger partial charge in [-0.1, -0.05) is 11.6 Å². The molecule has 0 aliphatic heterocycles. The molecule has 1 heterocycles. The Hall–Kier alpha value is -3.14. The van der Waals surface area contributed by atoms with Gasteiger partial charge in [0.1, 0.15) is 5.82 Å². The fourth-order valence-electron chi connectivity index (χ4n) is 4.64. The van der Waals surface area contributed by atoms with E-state index >= 15 is 0 Å². The highest BCUT2D eigenvalue weighted by atomic mass is 35.5. The molecule has 1 fully saturated rings. The minimum Gasteiger partial charge on any atom is -0.362 e. The van der Waals surface area contributed by atoms with Gasteiger partial charge in [0.2, 0.25) is 5.95 Å². The summed E-state index contributed by atoms with van der Waals surface area (Å²) in [6.07, 6.45) is 7.81. The number of amides is 2. The molecule has 1 aromatic heterocycles. The SMILES string of the molecule is CN(C)c1nc(N[C@H]2CC[C@@H](NC(=O)Nc3ccc([N+](=O)[O-])cc3Cl)CC2)nc2c1CCCC2. The van der Waals surface area contributed by atoms with E-state index in [1.54, 1.807) is 0 Å². The summed E-state index contributed by atoms with van der Waals surface area (Å²) in [6, 6.07) is 3.88. The molecule has 0 atom stereocenters. The van der Waals surface area contributed by atoms with Crippen molar-refractivity contribution in [1.82, 2.24) is 15.3 Å². The Kier molecular flexibility index (Phi) is 7.35. The highest BCUT2D eigenvalue weighted by Gasteiger charge is 2.25. The summed E-state index contributed by atoms with van der Waals surface area (Å²) >= 11 is 6.06. The summed E-state index contributed by atoms with van der Waals surface area (Å²) in [5.41, 5.74) is 2.64. The van der Waals surface area contributed by atoms with E-state index in [1.807, 2.05) is 14.1 Å². The summed E-state index contributed by atoms with van der Waals surface area (Å²) in [7, 11) is 4.04. The van der Waals surface area contributed by atoms with Gasteiger partial charge in [0.05, 0.1) is 21.3 Å². The Labute approximate surface area is 203 Å². The lowest BCUT2D eigenvalue weighted by atomic mass is 9.91. The van der Waals surface area contributed by atoms with Gasteiger partial charge in [0.15, 0.2) is 0 Å². The number of anilines is 3. The molecule has 11 heteroatoms. The predicted octanol–water partition coefficient (Wildman–Crippen LogP) is 4.53. The molecule has 0 radical (unpaired) electrons. The Morgan fingerprint density at radius 2 is 1.82 bits per heavy atom. The van der Waals surface area contributed by atoms with Crippen molar-refractivity contribution >= 4 is 40.8 Å². The maximum Gasteiger partial charge on any atom is 0.319 e. The number of rotatable bonds is 6. The number of aryl methyl sites for hydroxylation is 1. The van der Waals surface area contributed by atoms with Gasteiger partial charge in [0, 0.05) is 43.9 Å². The number of non-ortho nitro benzene ring substituents is 1. The normalized spacial score (nSPS) is 19.6. The van der Waals surface area contributed by atoms with Crippen LogP contribution in [0.3, 0.4) is 0 Å². The summed E-state index contributed by atoms with van der Waals surface area (Å²) in [5.74, 6) is 1.69. The van der Waals surface area contributed by atoms with Crippen molar-refractivity contribution in [1.29, 1.82) is 0 Å². The molecule has 2 aliphatic carbocycles. The Morgan fingerprint density at radius 3 is 2.50 bits per heavy atom.